The molecule has 2 aromatic rings. The Labute approximate surface area is 158 Å². The van der Waals surface area contributed by atoms with Crippen molar-refractivity contribution in [2.45, 2.75) is 12.8 Å². The molecule has 1 aliphatic heterocycles. The van der Waals surface area contributed by atoms with Crippen LogP contribution in [0.1, 0.15) is 23.1 Å². The molecule has 2 amide bonds. The quantitative estimate of drug-likeness (QED) is 0.646. The summed E-state index contributed by atoms with van der Waals surface area (Å²) in [5, 5.41) is 8.76. The lowest BCUT2D eigenvalue weighted by Gasteiger charge is -2.30. The second-order valence-electron chi connectivity index (χ2n) is 6.26. The van der Waals surface area contributed by atoms with Crippen molar-refractivity contribution in [3.8, 4) is 6.07 Å². The van der Waals surface area contributed by atoms with Gasteiger partial charge in [-0.25, -0.2) is 0 Å². The molecule has 136 valence electrons. The van der Waals surface area contributed by atoms with Crippen LogP contribution in [-0.2, 0) is 16.0 Å². The lowest BCUT2D eigenvalue weighted by atomic mass is 10.0. The van der Waals surface area contributed by atoms with Gasteiger partial charge in [0.2, 0.25) is 0 Å². The minimum Gasteiger partial charge on any atom is -0.362 e. The smallest absolute Gasteiger partial charge is 0.262 e. The number of hydrazine groups is 1. The molecule has 0 atom stereocenters. The fourth-order valence-electron chi connectivity index (χ4n) is 3.00. The summed E-state index contributed by atoms with van der Waals surface area (Å²) >= 11 is 0. The van der Waals surface area contributed by atoms with Crippen LogP contribution in [0.3, 0.4) is 0 Å². The number of anilines is 1. The van der Waals surface area contributed by atoms with Crippen LogP contribution in [0.2, 0.25) is 0 Å². The Hall–Kier alpha value is -3.59. The monoisotopic (exact) mass is 360 g/mol. The number of hydrogen-bond acceptors (Lipinski definition) is 4. The van der Waals surface area contributed by atoms with Gasteiger partial charge >= 0.3 is 0 Å². The standard InChI is InChI=1S/C21H20N4O2/c22-14-17-9-7-16(8-10-17)11-12-20(26)23-24-21(27)15-25-13-3-5-18-4-1-2-6-19(18)25/h1-2,4,6-12H,3,5,13,15H2,(H,23,26)(H,24,27)/b12-11+. The molecule has 6 heteroatoms. The number of para-hydroxylation sites is 1. The number of carbonyl (C=O) groups is 2. The van der Waals surface area contributed by atoms with Crippen molar-refractivity contribution in [2.24, 2.45) is 0 Å². The zero-order valence-corrected chi connectivity index (χ0v) is 14.8. The Morgan fingerprint density at radius 3 is 2.67 bits per heavy atom. The van der Waals surface area contributed by atoms with Gasteiger partial charge in [0.15, 0.2) is 0 Å². The number of amides is 2. The fourth-order valence-corrected chi connectivity index (χ4v) is 3.00. The van der Waals surface area contributed by atoms with Crippen LogP contribution in [0.25, 0.3) is 6.08 Å². The van der Waals surface area contributed by atoms with E-state index in [4.69, 9.17) is 5.26 Å². The third-order valence-corrected chi connectivity index (χ3v) is 4.33. The van der Waals surface area contributed by atoms with Gasteiger partial charge in [0.25, 0.3) is 11.8 Å². The molecule has 27 heavy (non-hydrogen) atoms. The highest BCUT2D eigenvalue weighted by Crippen LogP contribution is 2.26. The average molecular weight is 360 g/mol. The molecule has 0 radical (unpaired) electrons. The van der Waals surface area contributed by atoms with E-state index >= 15 is 0 Å². The SMILES string of the molecule is N#Cc1ccc(/C=C/C(=O)NNC(=O)CN2CCCc3ccccc32)cc1. The van der Waals surface area contributed by atoms with Gasteiger partial charge in [-0.2, -0.15) is 5.26 Å². The van der Waals surface area contributed by atoms with E-state index in [2.05, 4.69) is 16.9 Å². The van der Waals surface area contributed by atoms with E-state index in [0.717, 1.165) is 30.6 Å². The minimum atomic E-state index is -0.424. The Balaban J connectivity index is 1.48. The summed E-state index contributed by atoms with van der Waals surface area (Å²) in [6, 6.07) is 16.9. The van der Waals surface area contributed by atoms with Gasteiger partial charge in [0.1, 0.15) is 0 Å². The molecule has 2 N–H and O–H groups in total. The predicted molar refractivity (Wildman–Crippen MR) is 103 cm³/mol. The number of benzene rings is 2. The largest absolute Gasteiger partial charge is 0.362 e. The zero-order chi connectivity index (χ0) is 19.1. The highest BCUT2D eigenvalue weighted by atomic mass is 16.2. The van der Waals surface area contributed by atoms with Crippen LogP contribution in [0.4, 0.5) is 5.69 Å². The van der Waals surface area contributed by atoms with Gasteiger partial charge in [0, 0.05) is 18.3 Å². The van der Waals surface area contributed by atoms with Gasteiger partial charge in [0.05, 0.1) is 18.2 Å². The Morgan fingerprint density at radius 1 is 1.11 bits per heavy atom. The number of carbonyl (C=O) groups excluding carboxylic acids is 2. The first kappa shape index (κ1) is 18.2. The molecule has 0 bridgehead atoms. The fraction of sp³-hybridized carbons (Fsp3) is 0.190. The molecule has 0 aliphatic carbocycles. The molecule has 0 saturated carbocycles. The van der Waals surface area contributed by atoms with Gasteiger partial charge in [-0.15, -0.1) is 0 Å². The van der Waals surface area contributed by atoms with E-state index in [0.29, 0.717) is 5.56 Å². The first-order valence-electron chi connectivity index (χ1n) is 8.75. The molecule has 0 fully saturated rings. The molecule has 0 spiro atoms. The van der Waals surface area contributed by atoms with Crippen molar-refractivity contribution in [1.29, 1.82) is 5.26 Å². The number of rotatable bonds is 4. The summed E-state index contributed by atoms with van der Waals surface area (Å²) < 4.78 is 0. The van der Waals surface area contributed by atoms with E-state index in [1.807, 2.05) is 29.2 Å². The molecule has 0 saturated heterocycles. The van der Waals surface area contributed by atoms with E-state index in [-0.39, 0.29) is 12.5 Å². The average Bonchev–Trinajstić information content (AvgIpc) is 2.71. The minimum absolute atomic E-state index is 0.191. The van der Waals surface area contributed by atoms with Crippen molar-refractivity contribution in [1.82, 2.24) is 10.9 Å². The second-order valence-corrected chi connectivity index (χ2v) is 6.26. The molecular weight excluding hydrogens is 340 g/mol. The van der Waals surface area contributed by atoms with E-state index in [1.54, 1.807) is 30.3 Å². The number of hydrogen-bond donors (Lipinski definition) is 2. The van der Waals surface area contributed by atoms with Crippen LogP contribution in [-0.4, -0.2) is 24.9 Å². The van der Waals surface area contributed by atoms with Crippen LogP contribution in [0, 0.1) is 11.3 Å². The molecule has 0 unspecified atom stereocenters. The van der Waals surface area contributed by atoms with Crippen molar-refractivity contribution >= 4 is 23.6 Å². The summed E-state index contributed by atoms with van der Waals surface area (Å²) in [7, 11) is 0. The predicted octanol–water partition coefficient (Wildman–Crippen LogP) is 2.17. The maximum atomic E-state index is 12.1. The van der Waals surface area contributed by atoms with Gasteiger partial charge < -0.3 is 4.90 Å². The van der Waals surface area contributed by atoms with Gasteiger partial charge in [-0.05, 0) is 48.2 Å². The molecule has 2 aromatic carbocycles. The lowest BCUT2D eigenvalue weighted by molar-refractivity contribution is -0.125. The summed E-state index contributed by atoms with van der Waals surface area (Å²) in [6.07, 6.45) is 4.97. The normalized spacial score (nSPS) is 12.9. The summed E-state index contributed by atoms with van der Waals surface area (Å²) in [5.74, 6) is -0.696. The van der Waals surface area contributed by atoms with Crippen molar-refractivity contribution in [3.63, 3.8) is 0 Å². The van der Waals surface area contributed by atoms with Crippen molar-refractivity contribution < 1.29 is 9.59 Å². The molecular formula is C21H20N4O2. The second kappa shape index (κ2) is 8.68. The Bertz CT molecular complexity index is 897. The number of fused-ring (bicyclic) bond motifs is 1. The number of aryl methyl sites for hydroxylation is 1. The Kier molecular flexibility index (Phi) is 5.85. The van der Waals surface area contributed by atoms with Gasteiger partial charge in [-0.1, -0.05) is 30.3 Å². The van der Waals surface area contributed by atoms with Crippen molar-refractivity contribution in [2.75, 3.05) is 18.0 Å². The summed E-state index contributed by atoms with van der Waals surface area (Å²) in [4.78, 5) is 26.0. The summed E-state index contributed by atoms with van der Waals surface area (Å²) in [6.45, 7) is 1.01. The first-order valence-corrected chi connectivity index (χ1v) is 8.75. The molecule has 6 nitrogen and oxygen atoms in total. The topological polar surface area (TPSA) is 85.2 Å². The zero-order valence-electron chi connectivity index (χ0n) is 14.8. The summed E-state index contributed by atoms with van der Waals surface area (Å²) in [5.41, 5.74) is 8.49. The van der Waals surface area contributed by atoms with Crippen LogP contribution in [0.15, 0.2) is 54.6 Å². The van der Waals surface area contributed by atoms with Crippen LogP contribution < -0.4 is 15.8 Å². The van der Waals surface area contributed by atoms with Crippen LogP contribution >= 0.6 is 0 Å². The number of nitriles is 1. The highest BCUT2D eigenvalue weighted by molar-refractivity contribution is 5.93. The maximum absolute atomic E-state index is 12.1. The highest BCUT2D eigenvalue weighted by Gasteiger charge is 2.18. The molecule has 0 aromatic heterocycles. The number of nitrogens with zero attached hydrogens (tertiary/aromatic N) is 2. The lowest BCUT2D eigenvalue weighted by Crippen LogP contribution is -2.47. The number of nitrogens with one attached hydrogen (secondary N) is 2. The maximum Gasteiger partial charge on any atom is 0.262 e. The Morgan fingerprint density at radius 2 is 1.89 bits per heavy atom. The van der Waals surface area contributed by atoms with E-state index in [1.165, 1.54) is 11.6 Å². The van der Waals surface area contributed by atoms with E-state index < -0.39 is 5.91 Å². The first-order chi connectivity index (χ1) is 13.2. The van der Waals surface area contributed by atoms with Gasteiger partial charge in [-0.3, -0.25) is 20.4 Å². The molecule has 3 rings (SSSR count). The van der Waals surface area contributed by atoms with Crippen molar-refractivity contribution in [3.05, 3.63) is 71.3 Å². The third-order valence-electron chi connectivity index (χ3n) is 4.33. The molecule has 1 heterocycles. The van der Waals surface area contributed by atoms with E-state index in [9.17, 15) is 9.59 Å². The van der Waals surface area contributed by atoms with Crippen LogP contribution in [0.5, 0.6) is 0 Å². The third kappa shape index (κ3) is 4.95. The molecule has 1 aliphatic rings.